The van der Waals surface area contributed by atoms with Gasteiger partial charge in [0.1, 0.15) is 16.9 Å². The minimum absolute atomic E-state index is 0.175. The Kier molecular flexibility index (Phi) is 5.66. The molecular weight excluding hydrogens is 435 g/mol. The highest BCUT2D eigenvalue weighted by Crippen LogP contribution is 2.44. The summed E-state index contributed by atoms with van der Waals surface area (Å²) in [5.74, 6) is 1.09. The van der Waals surface area contributed by atoms with E-state index in [1.54, 1.807) is 54.6 Å². The van der Waals surface area contributed by atoms with Crippen molar-refractivity contribution in [2.24, 2.45) is 0 Å². The normalized spacial score (nSPS) is 16.7. The smallest absolute Gasteiger partial charge is 0.416 e. The molecule has 1 aliphatic rings. The molecule has 0 saturated carbocycles. The third kappa shape index (κ3) is 4.42. The van der Waals surface area contributed by atoms with E-state index in [0.29, 0.717) is 27.8 Å². The minimum Gasteiger partial charge on any atom is -0.457 e. The van der Waals surface area contributed by atoms with E-state index in [0.717, 1.165) is 12.1 Å². The van der Waals surface area contributed by atoms with Gasteiger partial charge in [-0.1, -0.05) is 29.8 Å². The van der Waals surface area contributed by atoms with Crippen LogP contribution in [0.5, 0.6) is 11.5 Å². The largest absolute Gasteiger partial charge is 0.457 e. The molecule has 3 nitrogen and oxygen atoms in total. The molecule has 0 radical (unpaired) electrons. The number of carbonyl (C=O) groups excluding carboxylic acids is 1. The molecule has 1 heterocycles. The number of benzene rings is 3. The van der Waals surface area contributed by atoms with Crippen LogP contribution in [0, 0.1) is 0 Å². The van der Waals surface area contributed by atoms with Gasteiger partial charge in [-0.2, -0.15) is 13.2 Å². The molecule has 154 valence electrons. The van der Waals surface area contributed by atoms with Crippen LogP contribution in [0.25, 0.3) is 0 Å². The number of nitrogens with zero attached hydrogens (tertiary/aromatic N) is 1. The van der Waals surface area contributed by atoms with E-state index in [4.69, 9.17) is 16.3 Å². The lowest BCUT2D eigenvalue weighted by Gasteiger charge is -2.25. The molecule has 1 aliphatic heterocycles. The maximum Gasteiger partial charge on any atom is 0.416 e. The summed E-state index contributed by atoms with van der Waals surface area (Å²) in [4.78, 5) is 14.1. The lowest BCUT2D eigenvalue weighted by molar-refractivity contribution is -0.137. The Balaban J connectivity index is 1.63. The van der Waals surface area contributed by atoms with Gasteiger partial charge in [0.15, 0.2) is 0 Å². The van der Waals surface area contributed by atoms with E-state index in [1.165, 1.54) is 22.7 Å². The lowest BCUT2D eigenvalue weighted by Crippen LogP contribution is -2.27. The second-order valence-corrected chi connectivity index (χ2v) is 8.11. The van der Waals surface area contributed by atoms with Crippen molar-refractivity contribution in [1.29, 1.82) is 0 Å². The van der Waals surface area contributed by atoms with Gasteiger partial charge in [-0.15, -0.1) is 11.8 Å². The fourth-order valence-corrected chi connectivity index (χ4v) is 4.45. The molecule has 8 heteroatoms. The third-order valence-corrected chi connectivity index (χ3v) is 5.98. The van der Waals surface area contributed by atoms with Gasteiger partial charge in [-0.25, -0.2) is 0 Å². The molecule has 0 aliphatic carbocycles. The van der Waals surface area contributed by atoms with Crippen LogP contribution in [0.15, 0.2) is 72.8 Å². The second kappa shape index (κ2) is 8.24. The molecular formula is C22H15ClF3NO2S. The molecule has 3 aromatic carbocycles. The third-order valence-electron chi connectivity index (χ3n) is 4.51. The number of halogens is 4. The van der Waals surface area contributed by atoms with Crippen LogP contribution in [-0.4, -0.2) is 11.7 Å². The van der Waals surface area contributed by atoms with Crippen molar-refractivity contribution in [3.8, 4) is 11.5 Å². The van der Waals surface area contributed by atoms with E-state index < -0.39 is 17.1 Å². The van der Waals surface area contributed by atoms with E-state index in [9.17, 15) is 18.0 Å². The van der Waals surface area contributed by atoms with Crippen molar-refractivity contribution in [2.45, 2.75) is 11.6 Å². The van der Waals surface area contributed by atoms with Gasteiger partial charge >= 0.3 is 6.18 Å². The van der Waals surface area contributed by atoms with Gasteiger partial charge < -0.3 is 4.74 Å². The summed E-state index contributed by atoms with van der Waals surface area (Å²) in [5.41, 5.74) is 0.239. The summed E-state index contributed by atoms with van der Waals surface area (Å²) in [7, 11) is 0. The molecule has 1 unspecified atom stereocenters. The zero-order valence-corrected chi connectivity index (χ0v) is 17.0. The summed E-state index contributed by atoms with van der Waals surface area (Å²) in [5, 5.41) is 0.0327. The zero-order chi connectivity index (χ0) is 21.3. The second-order valence-electron chi connectivity index (χ2n) is 6.60. The standard InChI is InChI=1S/C22H15ClF3NO2S/c23-16-7-9-18(10-8-16)29-19-6-2-5-17(12-19)27-20(28)13-30-21(27)14-3-1-4-15(11-14)22(24,25)26/h1-12,21H,13H2. The summed E-state index contributed by atoms with van der Waals surface area (Å²) in [6.45, 7) is 0. The first-order valence-corrected chi connectivity index (χ1v) is 10.4. The van der Waals surface area contributed by atoms with Gasteiger partial charge in [-0.3, -0.25) is 9.69 Å². The van der Waals surface area contributed by atoms with Crippen LogP contribution in [0.3, 0.4) is 0 Å². The fourth-order valence-electron chi connectivity index (χ4n) is 3.15. The highest BCUT2D eigenvalue weighted by atomic mass is 35.5. The van der Waals surface area contributed by atoms with Crippen LogP contribution in [0.2, 0.25) is 5.02 Å². The number of hydrogen-bond acceptors (Lipinski definition) is 3. The summed E-state index contributed by atoms with van der Waals surface area (Å²) >= 11 is 7.17. The summed E-state index contributed by atoms with van der Waals surface area (Å²) in [6, 6.07) is 18.8. The number of hydrogen-bond donors (Lipinski definition) is 0. The highest BCUT2D eigenvalue weighted by molar-refractivity contribution is 8.00. The maximum absolute atomic E-state index is 13.1. The van der Waals surface area contributed by atoms with E-state index in [-0.39, 0.29) is 11.7 Å². The monoisotopic (exact) mass is 449 g/mol. The lowest BCUT2D eigenvalue weighted by atomic mass is 10.1. The quantitative estimate of drug-likeness (QED) is 0.432. The van der Waals surface area contributed by atoms with E-state index in [2.05, 4.69) is 0 Å². The van der Waals surface area contributed by atoms with Crippen LogP contribution >= 0.6 is 23.4 Å². The summed E-state index contributed by atoms with van der Waals surface area (Å²) < 4.78 is 45.2. The molecule has 1 fully saturated rings. The Morgan fingerprint density at radius 3 is 2.43 bits per heavy atom. The first kappa shape index (κ1) is 20.6. The molecule has 4 rings (SSSR count). The number of anilines is 1. The van der Waals surface area contributed by atoms with E-state index in [1.807, 2.05) is 0 Å². The maximum atomic E-state index is 13.1. The van der Waals surface area contributed by atoms with Gasteiger partial charge in [0.25, 0.3) is 0 Å². The molecule has 30 heavy (non-hydrogen) atoms. The first-order valence-electron chi connectivity index (χ1n) is 8.95. The predicted octanol–water partition coefficient (Wildman–Crippen LogP) is 6.93. The number of carbonyl (C=O) groups is 1. The molecule has 1 atom stereocenters. The predicted molar refractivity (Wildman–Crippen MR) is 112 cm³/mol. The van der Waals surface area contributed by atoms with Gasteiger partial charge in [0.05, 0.1) is 11.3 Å². The van der Waals surface area contributed by atoms with Crippen LogP contribution in [-0.2, 0) is 11.0 Å². The summed E-state index contributed by atoms with van der Waals surface area (Å²) in [6.07, 6.45) is -4.44. The van der Waals surface area contributed by atoms with Crippen molar-refractivity contribution in [2.75, 3.05) is 10.7 Å². The average Bonchev–Trinajstić information content (AvgIpc) is 3.11. The number of thioether (sulfide) groups is 1. The van der Waals surface area contributed by atoms with Crippen molar-refractivity contribution in [3.05, 3.63) is 88.9 Å². The average molecular weight is 450 g/mol. The van der Waals surface area contributed by atoms with Crippen molar-refractivity contribution in [1.82, 2.24) is 0 Å². The number of amides is 1. The number of ether oxygens (including phenoxy) is 1. The molecule has 3 aromatic rings. The van der Waals surface area contributed by atoms with Gasteiger partial charge in [0.2, 0.25) is 5.91 Å². The molecule has 1 amide bonds. The first-order chi connectivity index (χ1) is 14.3. The Labute approximate surface area is 180 Å². The molecule has 0 N–H and O–H groups in total. The van der Waals surface area contributed by atoms with Crippen LogP contribution in [0.4, 0.5) is 18.9 Å². The minimum atomic E-state index is -4.44. The SMILES string of the molecule is O=C1CSC(c2cccc(C(F)(F)F)c2)N1c1cccc(Oc2ccc(Cl)cc2)c1. The van der Waals surface area contributed by atoms with Crippen LogP contribution < -0.4 is 9.64 Å². The fraction of sp³-hybridized carbons (Fsp3) is 0.136. The van der Waals surface area contributed by atoms with Crippen molar-refractivity contribution in [3.63, 3.8) is 0 Å². The highest BCUT2D eigenvalue weighted by Gasteiger charge is 2.36. The Morgan fingerprint density at radius 2 is 1.70 bits per heavy atom. The molecule has 1 saturated heterocycles. The van der Waals surface area contributed by atoms with Crippen LogP contribution in [0.1, 0.15) is 16.5 Å². The molecule has 0 spiro atoms. The molecule has 0 bridgehead atoms. The number of alkyl halides is 3. The Bertz CT molecular complexity index is 1070. The molecule has 0 aromatic heterocycles. The Hall–Kier alpha value is -2.64. The zero-order valence-electron chi connectivity index (χ0n) is 15.4. The van der Waals surface area contributed by atoms with Crippen molar-refractivity contribution < 1.29 is 22.7 Å². The topological polar surface area (TPSA) is 29.5 Å². The van der Waals surface area contributed by atoms with Crippen molar-refractivity contribution >= 4 is 35.0 Å². The Morgan fingerprint density at radius 1 is 0.967 bits per heavy atom. The number of rotatable bonds is 4. The van der Waals surface area contributed by atoms with Gasteiger partial charge in [-0.05, 0) is 54.1 Å². The van der Waals surface area contributed by atoms with E-state index >= 15 is 0 Å². The van der Waals surface area contributed by atoms with Gasteiger partial charge in [0, 0.05) is 16.8 Å².